The average Bonchev–Trinajstić information content (AvgIpc) is 3.22. The van der Waals surface area contributed by atoms with Gasteiger partial charge in [0.15, 0.2) is 5.69 Å². The van der Waals surface area contributed by atoms with Crippen LogP contribution in [0.5, 0.6) is 0 Å². The van der Waals surface area contributed by atoms with E-state index >= 15 is 0 Å². The fourth-order valence-corrected chi connectivity index (χ4v) is 2.26. The smallest absolute Gasteiger partial charge is 0.307 e. The standard InChI is InChI=1S/C14H19N7O4/c1-4-11(20-7-9(6-16-20)21(24)25)13(22)17-10-8-19(5-2)18-12(10)14(23)15-3/h6-8,11H,4-5H2,1-3H3,(H,15,23)(H,17,22). The molecule has 1 unspecified atom stereocenters. The van der Waals surface area contributed by atoms with E-state index in [1.165, 1.54) is 22.6 Å². The summed E-state index contributed by atoms with van der Waals surface area (Å²) in [5.41, 5.74) is 0.168. The van der Waals surface area contributed by atoms with Crippen LogP contribution in [0.3, 0.4) is 0 Å². The van der Waals surface area contributed by atoms with Crippen molar-refractivity contribution in [2.24, 2.45) is 0 Å². The van der Waals surface area contributed by atoms with E-state index in [1.54, 1.807) is 13.1 Å². The number of carbonyl (C=O) groups excluding carboxylic acids is 2. The third kappa shape index (κ3) is 3.82. The molecule has 0 aliphatic heterocycles. The highest BCUT2D eigenvalue weighted by Gasteiger charge is 2.25. The zero-order chi connectivity index (χ0) is 18.6. The predicted molar refractivity (Wildman–Crippen MR) is 88.1 cm³/mol. The Morgan fingerprint density at radius 3 is 2.60 bits per heavy atom. The molecule has 2 amide bonds. The summed E-state index contributed by atoms with van der Waals surface area (Å²) in [4.78, 5) is 34.7. The Bertz CT molecular complexity index is 795. The number of anilines is 1. The van der Waals surface area contributed by atoms with Gasteiger partial charge in [-0.2, -0.15) is 10.2 Å². The molecule has 0 fully saturated rings. The zero-order valence-electron chi connectivity index (χ0n) is 14.1. The van der Waals surface area contributed by atoms with E-state index in [0.29, 0.717) is 13.0 Å². The fraction of sp³-hybridized carbons (Fsp3) is 0.429. The number of nitrogens with one attached hydrogen (secondary N) is 2. The van der Waals surface area contributed by atoms with Crippen LogP contribution in [0.25, 0.3) is 0 Å². The highest BCUT2D eigenvalue weighted by molar-refractivity contribution is 6.02. The van der Waals surface area contributed by atoms with Crippen molar-refractivity contribution >= 4 is 23.2 Å². The van der Waals surface area contributed by atoms with E-state index in [-0.39, 0.29) is 17.1 Å². The van der Waals surface area contributed by atoms with Crippen molar-refractivity contribution in [1.29, 1.82) is 0 Å². The topological polar surface area (TPSA) is 137 Å². The van der Waals surface area contributed by atoms with Crippen molar-refractivity contribution in [3.05, 3.63) is 34.4 Å². The molecule has 0 aliphatic carbocycles. The van der Waals surface area contributed by atoms with Crippen molar-refractivity contribution < 1.29 is 14.5 Å². The normalized spacial score (nSPS) is 11.8. The molecule has 0 bridgehead atoms. The third-order valence-electron chi connectivity index (χ3n) is 3.59. The lowest BCUT2D eigenvalue weighted by Crippen LogP contribution is -2.27. The Morgan fingerprint density at radius 2 is 2.08 bits per heavy atom. The monoisotopic (exact) mass is 349 g/mol. The van der Waals surface area contributed by atoms with Crippen LogP contribution >= 0.6 is 0 Å². The van der Waals surface area contributed by atoms with Crippen LogP contribution in [-0.4, -0.2) is 43.3 Å². The van der Waals surface area contributed by atoms with Crippen molar-refractivity contribution in [2.75, 3.05) is 12.4 Å². The molecule has 0 aromatic carbocycles. The van der Waals surface area contributed by atoms with E-state index in [2.05, 4.69) is 20.8 Å². The van der Waals surface area contributed by atoms with Crippen LogP contribution in [0.4, 0.5) is 11.4 Å². The Morgan fingerprint density at radius 1 is 1.36 bits per heavy atom. The van der Waals surface area contributed by atoms with Gasteiger partial charge in [0.2, 0.25) is 5.91 Å². The highest BCUT2D eigenvalue weighted by Crippen LogP contribution is 2.20. The van der Waals surface area contributed by atoms with Gasteiger partial charge in [0.25, 0.3) is 5.91 Å². The number of hydrogen-bond donors (Lipinski definition) is 2. The van der Waals surface area contributed by atoms with E-state index in [9.17, 15) is 19.7 Å². The number of carbonyl (C=O) groups is 2. The first-order valence-electron chi connectivity index (χ1n) is 7.70. The van der Waals surface area contributed by atoms with Gasteiger partial charge in [0, 0.05) is 19.8 Å². The molecule has 1 atom stereocenters. The van der Waals surface area contributed by atoms with Gasteiger partial charge in [-0.1, -0.05) is 6.92 Å². The second-order valence-corrected chi connectivity index (χ2v) is 5.18. The van der Waals surface area contributed by atoms with Crippen molar-refractivity contribution in [1.82, 2.24) is 24.9 Å². The van der Waals surface area contributed by atoms with Crippen molar-refractivity contribution in [3.63, 3.8) is 0 Å². The predicted octanol–water partition coefficient (Wildman–Crippen LogP) is 0.957. The second kappa shape index (κ2) is 7.55. The lowest BCUT2D eigenvalue weighted by atomic mass is 10.2. The minimum Gasteiger partial charge on any atom is -0.354 e. The van der Waals surface area contributed by atoms with Crippen LogP contribution < -0.4 is 10.6 Å². The summed E-state index contributed by atoms with van der Waals surface area (Å²) in [5.74, 6) is -0.869. The Kier molecular flexibility index (Phi) is 5.47. The summed E-state index contributed by atoms with van der Waals surface area (Å²) in [6, 6.07) is -0.754. The number of aryl methyl sites for hydroxylation is 1. The van der Waals surface area contributed by atoms with Crippen molar-refractivity contribution in [3.8, 4) is 0 Å². The van der Waals surface area contributed by atoms with Crippen LogP contribution in [0.15, 0.2) is 18.6 Å². The maximum atomic E-state index is 12.6. The second-order valence-electron chi connectivity index (χ2n) is 5.18. The SMILES string of the molecule is CCC(C(=O)Nc1cn(CC)nc1C(=O)NC)n1cc([N+](=O)[O-])cn1. The van der Waals surface area contributed by atoms with E-state index in [0.717, 1.165) is 6.20 Å². The molecular weight excluding hydrogens is 330 g/mol. The quantitative estimate of drug-likeness (QED) is 0.564. The van der Waals surface area contributed by atoms with Gasteiger partial charge < -0.3 is 10.6 Å². The van der Waals surface area contributed by atoms with Gasteiger partial charge >= 0.3 is 5.69 Å². The summed E-state index contributed by atoms with van der Waals surface area (Å²) >= 11 is 0. The first-order valence-corrected chi connectivity index (χ1v) is 7.70. The number of nitrogens with zero attached hydrogens (tertiary/aromatic N) is 5. The molecule has 0 radical (unpaired) electrons. The molecule has 2 N–H and O–H groups in total. The molecule has 0 aliphatic rings. The number of amides is 2. The van der Waals surface area contributed by atoms with E-state index in [4.69, 9.17) is 0 Å². The number of nitro groups is 1. The van der Waals surface area contributed by atoms with Gasteiger partial charge in [-0.15, -0.1) is 0 Å². The number of rotatable bonds is 7. The minimum absolute atomic E-state index is 0.0963. The molecule has 2 heterocycles. The lowest BCUT2D eigenvalue weighted by Gasteiger charge is -2.14. The largest absolute Gasteiger partial charge is 0.354 e. The van der Waals surface area contributed by atoms with E-state index in [1.807, 2.05) is 6.92 Å². The van der Waals surface area contributed by atoms with Crippen LogP contribution in [0, 0.1) is 10.1 Å². The minimum atomic E-state index is -0.754. The molecule has 25 heavy (non-hydrogen) atoms. The zero-order valence-corrected chi connectivity index (χ0v) is 14.1. The van der Waals surface area contributed by atoms with Crippen LogP contribution in [-0.2, 0) is 11.3 Å². The van der Waals surface area contributed by atoms with Gasteiger partial charge in [-0.3, -0.25) is 29.1 Å². The van der Waals surface area contributed by atoms with Gasteiger partial charge in [0.1, 0.15) is 18.4 Å². The molecule has 11 heteroatoms. The summed E-state index contributed by atoms with van der Waals surface area (Å²) in [7, 11) is 1.47. The lowest BCUT2D eigenvalue weighted by molar-refractivity contribution is -0.385. The molecule has 11 nitrogen and oxygen atoms in total. The summed E-state index contributed by atoms with van der Waals surface area (Å²) in [6.45, 7) is 4.14. The number of aromatic nitrogens is 4. The Labute approximate surface area is 143 Å². The molecular formula is C14H19N7O4. The first kappa shape index (κ1) is 18.1. The first-order chi connectivity index (χ1) is 11.9. The van der Waals surface area contributed by atoms with Crippen LogP contribution in [0.1, 0.15) is 36.8 Å². The molecule has 0 spiro atoms. The highest BCUT2D eigenvalue weighted by atomic mass is 16.6. The molecule has 2 aromatic heterocycles. The van der Waals surface area contributed by atoms with Gasteiger partial charge in [-0.05, 0) is 13.3 Å². The molecule has 0 saturated carbocycles. The Hall–Kier alpha value is -3.24. The average molecular weight is 349 g/mol. The molecule has 134 valence electrons. The maximum Gasteiger partial charge on any atom is 0.307 e. The Balaban J connectivity index is 2.25. The summed E-state index contributed by atoms with van der Waals surface area (Å²) < 4.78 is 2.76. The third-order valence-corrected chi connectivity index (χ3v) is 3.59. The number of hydrogen-bond acceptors (Lipinski definition) is 6. The summed E-state index contributed by atoms with van der Waals surface area (Å²) in [6.07, 6.45) is 4.20. The molecule has 2 rings (SSSR count). The molecule has 0 saturated heterocycles. The van der Waals surface area contributed by atoms with Gasteiger partial charge in [0.05, 0.1) is 10.6 Å². The van der Waals surface area contributed by atoms with E-state index < -0.39 is 22.8 Å². The maximum absolute atomic E-state index is 12.6. The molecule has 2 aromatic rings. The van der Waals surface area contributed by atoms with Crippen molar-refractivity contribution in [2.45, 2.75) is 32.9 Å². The van der Waals surface area contributed by atoms with Crippen LogP contribution in [0.2, 0.25) is 0 Å². The van der Waals surface area contributed by atoms with Gasteiger partial charge in [-0.25, -0.2) is 0 Å². The fourth-order valence-electron chi connectivity index (χ4n) is 2.26. The summed E-state index contributed by atoms with van der Waals surface area (Å²) in [5, 5.41) is 23.9.